The van der Waals surface area contributed by atoms with Crippen LogP contribution in [0.4, 0.5) is 5.69 Å². The van der Waals surface area contributed by atoms with Gasteiger partial charge in [0, 0.05) is 50.2 Å². The third-order valence-corrected chi connectivity index (χ3v) is 8.62. The molecule has 1 aliphatic rings. The number of nitrogens with zero attached hydrogens (tertiary/aromatic N) is 5. The maximum atomic E-state index is 13.1. The summed E-state index contributed by atoms with van der Waals surface area (Å²) >= 11 is 1.42. The molecule has 1 fully saturated rings. The maximum Gasteiger partial charge on any atom is 0.269 e. The number of nitro groups is 1. The van der Waals surface area contributed by atoms with Gasteiger partial charge in [0.25, 0.3) is 11.6 Å². The van der Waals surface area contributed by atoms with E-state index < -0.39 is 14.9 Å². The first-order valence-electron chi connectivity index (χ1n) is 10.6. The minimum absolute atomic E-state index is 0.00237. The van der Waals surface area contributed by atoms with E-state index in [-0.39, 0.29) is 42.7 Å². The van der Waals surface area contributed by atoms with Gasteiger partial charge in [0.15, 0.2) is 0 Å². The summed E-state index contributed by atoms with van der Waals surface area (Å²) < 4.78 is 29.1. The minimum Gasteiger partial charge on any atom is -0.335 e. The fraction of sp³-hybridized carbons (Fsp3) is 0.429. The summed E-state index contributed by atoms with van der Waals surface area (Å²) in [6, 6.07) is 6.71. The van der Waals surface area contributed by atoms with E-state index in [1.807, 2.05) is 17.7 Å². The average Bonchev–Trinajstić information content (AvgIpc) is 3.34. The zero-order valence-corrected chi connectivity index (χ0v) is 20.2. The monoisotopic (exact) mass is 491 g/mol. The number of nitro benzene ring substituents is 1. The molecule has 0 atom stereocenters. The van der Waals surface area contributed by atoms with Gasteiger partial charge in [-0.3, -0.25) is 19.6 Å². The number of piperazine rings is 1. The van der Waals surface area contributed by atoms with Crippen molar-refractivity contribution in [1.82, 2.24) is 19.0 Å². The number of hydrogen-bond donors (Lipinski definition) is 0. The molecule has 1 amide bonds. The first-order chi connectivity index (χ1) is 15.6. The minimum atomic E-state index is -3.79. The third-order valence-electron chi connectivity index (χ3n) is 5.57. The number of aromatic nitrogens is 2. The SMILES string of the molecule is Cc1nn(CC(C)C)c2sc(C(=O)N3CCN(S(=O)(=O)c4ccc([N+](=O)[O-])cc4)CC3)cc12. The lowest BCUT2D eigenvalue weighted by molar-refractivity contribution is -0.384. The lowest BCUT2D eigenvalue weighted by Crippen LogP contribution is -2.50. The normalized spacial score (nSPS) is 15.5. The number of fused-ring (bicyclic) bond motifs is 1. The summed E-state index contributed by atoms with van der Waals surface area (Å²) in [6.07, 6.45) is 0. The van der Waals surface area contributed by atoms with E-state index >= 15 is 0 Å². The van der Waals surface area contributed by atoms with Gasteiger partial charge in [0.05, 0.1) is 20.4 Å². The van der Waals surface area contributed by atoms with Gasteiger partial charge < -0.3 is 4.90 Å². The number of thiophene rings is 1. The molecule has 2 aromatic heterocycles. The molecule has 0 bridgehead atoms. The van der Waals surface area contributed by atoms with E-state index in [1.54, 1.807) is 4.90 Å². The Morgan fingerprint density at radius 3 is 2.39 bits per heavy atom. The summed E-state index contributed by atoms with van der Waals surface area (Å²) in [5.41, 5.74) is 0.722. The van der Waals surface area contributed by atoms with Crippen LogP contribution in [0, 0.1) is 23.0 Å². The van der Waals surface area contributed by atoms with Crippen LogP contribution in [0.15, 0.2) is 35.2 Å². The van der Waals surface area contributed by atoms with E-state index in [1.165, 1.54) is 39.9 Å². The molecule has 1 saturated heterocycles. The Kier molecular flexibility index (Phi) is 6.25. The third kappa shape index (κ3) is 4.50. The fourth-order valence-corrected chi connectivity index (χ4v) is 6.42. The van der Waals surface area contributed by atoms with Gasteiger partial charge in [-0.15, -0.1) is 11.3 Å². The van der Waals surface area contributed by atoms with Gasteiger partial charge in [-0.1, -0.05) is 13.8 Å². The molecule has 0 N–H and O–H groups in total. The Bertz CT molecular complexity index is 1300. The molecule has 0 radical (unpaired) electrons. The van der Waals surface area contributed by atoms with Crippen molar-refractivity contribution in [2.45, 2.75) is 32.2 Å². The number of carbonyl (C=O) groups excluding carboxylic acids is 1. The predicted octanol–water partition coefficient (Wildman–Crippen LogP) is 3.12. The second kappa shape index (κ2) is 8.84. The highest BCUT2D eigenvalue weighted by Gasteiger charge is 2.31. The van der Waals surface area contributed by atoms with E-state index in [4.69, 9.17) is 0 Å². The molecule has 3 aromatic rings. The Morgan fingerprint density at radius 2 is 1.82 bits per heavy atom. The molecular formula is C21H25N5O5S2. The summed E-state index contributed by atoms with van der Waals surface area (Å²) in [4.78, 5) is 26.6. The number of amides is 1. The van der Waals surface area contributed by atoms with Crippen molar-refractivity contribution < 1.29 is 18.1 Å². The lowest BCUT2D eigenvalue weighted by Gasteiger charge is -2.33. The van der Waals surface area contributed by atoms with Crippen LogP contribution in [0.25, 0.3) is 10.2 Å². The number of carbonyl (C=O) groups is 1. The van der Waals surface area contributed by atoms with Gasteiger partial charge in [0.2, 0.25) is 10.0 Å². The second-order valence-electron chi connectivity index (χ2n) is 8.44. The van der Waals surface area contributed by atoms with Crippen molar-refractivity contribution in [3.8, 4) is 0 Å². The van der Waals surface area contributed by atoms with Gasteiger partial charge in [-0.25, -0.2) is 8.42 Å². The summed E-state index contributed by atoms with van der Waals surface area (Å²) in [5, 5.41) is 16.4. The lowest BCUT2D eigenvalue weighted by atomic mass is 10.2. The van der Waals surface area contributed by atoms with E-state index in [0.29, 0.717) is 10.8 Å². The molecule has 4 rings (SSSR count). The molecule has 0 spiro atoms. The molecule has 1 aliphatic heterocycles. The van der Waals surface area contributed by atoms with E-state index in [2.05, 4.69) is 18.9 Å². The van der Waals surface area contributed by atoms with Crippen LogP contribution in [0.1, 0.15) is 29.2 Å². The largest absolute Gasteiger partial charge is 0.335 e. The highest BCUT2D eigenvalue weighted by molar-refractivity contribution is 7.89. The Labute approximate surface area is 195 Å². The molecule has 3 heterocycles. The van der Waals surface area contributed by atoms with Gasteiger partial charge in [-0.05, 0) is 31.0 Å². The average molecular weight is 492 g/mol. The van der Waals surface area contributed by atoms with Crippen LogP contribution >= 0.6 is 11.3 Å². The highest BCUT2D eigenvalue weighted by atomic mass is 32.2. The summed E-state index contributed by atoms with van der Waals surface area (Å²) in [7, 11) is -3.79. The number of rotatable bonds is 6. The van der Waals surface area contributed by atoms with Crippen molar-refractivity contribution in [3.63, 3.8) is 0 Å². The van der Waals surface area contributed by atoms with Gasteiger partial charge >= 0.3 is 0 Å². The maximum absolute atomic E-state index is 13.1. The second-order valence-corrected chi connectivity index (χ2v) is 11.4. The molecule has 12 heteroatoms. The zero-order valence-electron chi connectivity index (χ0n) is 18.6. The molecule has 0 saturated carbocycles. The molecule has 0 aliphatic carbocycles. The first-order valence-corrected chi connectivity index (χ1v) is 12.8. The van der Waals surface area contributed by atoms with Crippen LogP contribution in [-0.4, -0.2) is 64.4 Å². The van der Waals surface area contributed by atoms with Crippen molar-refractivity contribution >= 4 is 43.2 Å². The van der Waals surface area contributed by atoms with Gasteiger partial charge in [0.1, 0.15) is 4.83 Å². The smallest absolute Gasteiger partial charge is 0.269 e. The van der Waals surface area contributed by atoms with Crippen LogP contribution < -0.4 is 0 Å². The topological polar surface area (TPSA) is 119 Å². The number of aryl methyl sites for hydroxylation is 1. The Morgan fingerprint density at radius 1 is 1.18 bits per heavy atom. The van der Waals surface area contributed by atoms with E-state index in [0.717, 1.165) is 22.5 Å². The first kappa shape index (κ1) is 23.3. The van der Waals surface area contributed by atoms with E-state index in [9.17, 15) is 23.3 Å². The number of benzene rings is 1. The van der Waals surface area contributed by atoms with Crippen molar-refractivity contribution in [2.75, 3.05) is 26.2 Å². The Hall–Kier alpha value is -2.83. The molecule has 33 heavy (non-hydrogen) atoms. The van der Waals surface area contributed by atoms with Crippen LogP contribution in [0.3, 0.4) is 0 Å². The highest BCUT2D eigenvalue weighted by Crippen LogP contribution is 2.30. The Balaban J connectivity index is 1.46. The molecule has 10 nitrogen and oxygen atoms in total. The standard InChI is InChI=1S/C21H25N5O5S2/c1-14(2)13-25-21-18(15(3)22-25)12-19(32-21)20(27)23-8-10-24(11-9-23)33(30,31)17-6-4-16(5-7-17)26(28)29/h4-7,12,14H,8-11,13H2,1-3H3. The van der Waals surface area contributed by atoms with Crippen molar-refractivity contribution in [3.05, 3.63) is 51.0 Å². The summed E-state index contributed by atoms with van der Waals surface area (Å²) in [6.45, 7) is 7.82. The van der Waals surface area contributed by atoms with Gasteiger partial charge in [-0.2, -0.15) is 9.40 Å². The molecule has 176 valence electrons. The number of hydrogen-bond acceptors (Lipinski definition) is 7. The molecule has 0 unspecified atom stereocenters. The van der Waals surface area contributed by atoms with Crippen LogP contribution in [-0.2, 0) is 16.6 Å². The van der Waals surface area contributed by atoms with Crippen molar-refractivity contribution in [2.24, 2.45) is 5.92 Å². The van der Waals surface area contributed by atoms with Crippen LogP contribution in [0.2, 0.25) is 0 Å². The van der Waals surface area contributed by atoms with Crippen molar-refractivity contribution in [1.29, 1.82) is 0 Å². The zero-order chi connectivity index (χ0) is 23.9. The fourth-order valence-electron chi connectivity index (χ4n) is 3.86. The molecule has 1 aromatic carbocycles. The quantitative estimate of drug-likeness (QED) is 0.386. The summed E-state index contributed by atoms with van der Waals surface area (Å²) in [5.74, 6) is 0.318. The molecular weight excluding hydrogens is 466 g/mol. The number of non-ortho nitro benzene ring substituents is 1. The number of sulfonamides is 1. The van der Waals surface area contributed by atoms with Crippen LogP contribution in [0.5, 0.6) is 0 Å². The predicted molar refractivity (Wildman–Crippen MR) is 125 cm³/mol.